The van der Waals surface area contributed by atoms with Gasteiger partial charge in [-0.1, -0.05) is 11.6 Å². The molecular formula is C12H13ClN4O3. The minimum Gasteiger partial charge on any atom is -0.464 e. The predicted molar refractivity (Wildman–Crippen MR) is 72.4 cm³/mol. The lowest BCUT2D eigenvalue weighted by Crippen LogP contribution is -2.36. The zero-order valence-electron chi connectivity index (χ0n) is 10.9. The Bertz CT molecular complexity index is 651. The Kier molecular flexibility index (Phi) is 3.45. The van der Waals surface area contributed by atoms with Gasteiger partial charge in [0.05, 0.1) is 32.2 Å². The van der Waals surface area contributed by atoms with Gasteiger partial charge in [0.25, 0.3) is 0 Å². The predicted octanol–water partition coefficient (Wildman–Crippen LogP) is 1.01. The number of aromatic nitrogens is 3. The van der Waals surface area contributed by atoms with Gasteiger partial charge in [0, 0.05) is 19.2 Å². The topological polar surface area (TPSA) is 69.0 Å². The average Bonchev–Trinajstić information content (AvgIpc) is 2.90. The Morgan fingerprint density at radius 3 is 2.90 bits per heavy atom. The van der Waals surface area contributed by atoms with E-state index in [4.69, 9.17) is 16.3 Å². The molecule has 106 valence electrons. The van der Waals surface area contributed by atoms with Gasteiger partial charge in [-0.2, -0.15) is 5.10 Å². The van der Waals surface area contributed by atoms with Crippen LogP contribution in [0.3, 0.4) is 0 Å². The first kappa shape index (κ1) is 13.1. The van der Waals surface area contributed by atoms with Crippen molar-refractivity contribution >= 4 is 28.9 Å². The van der Waals surface area contributed by atoms with Gasteiger partial charge in [-0.3, -0.25) is 0 Å². The van der Waals surface area contributed by atoms with Crippen molar-refractivity contribution in [3.8, 4) is 0 Å². The number of methoxy groups -OCH3 is 1. The van der Waals surface area contributed by atoms with Crippen LogP contribution in [-0.4, -0.2) is 54.0 Å². The summed E-state index contributed by atoms with van der Waals surface area (Å²) in [6.07, 6.45) is 1.51. The van der Waals surface area contributed by atoms with Crippen molar-refractivity contribution < 1.29 is 14.3 Å². The van der Waals surface area contributed by atoms with Crippen LogP contribution in [0.4, 0.5) is 5.69 Å². The van der Waals surface area contributed by atoms with Crippen molar-refractivity contribution in [2.75, 3.05) is 38.3 Å². The number of morpholine rings is 1. The van der Waals surface area contributed by atoms with Gasteiger partial charge in [-0.15, -0.1) is 0 Å². The third-order valence-corrected chi connectivity index (χ3v) is 3.31. The molecule has 0 bridgehead atoms. The van der Waals surface area contributed by atoms with Crippen LogP contribution in [0.2, 0.25) is 5.15 Å². The highest BCUT2D eigenvalue weighted by Crippen LogP contribution is 2.24. The Morgan fingerprint density at radius 2 is 2.20 bits per heavy atom. The molecule has 0 radical (unpaired) electrons. The third kappa shape index (κ3) is 2.30. The number of fused-ring (bicyclic) bond motifs is 1. The van der Waals surface area contributed by atoms with Crippen molar-refractivity contribution in [3.05, 3.63) is 23.1 Å². The molecule has 20 heavy (non-hydrogen) atoms. The summed E-state index contributed by atoms with van der Waals surface area (Å²) < 4.78 is 11.5. The number of carbonyl (C=O) groups is 1. The molecule has 0 amide bonds. The van der Waals surface area contributed by atoms with Crippen LogP contribution in [0.15, 0.2) is 12.3 Å². The van der Waals surface area contributed by atoms with Gasteiger partial charge in [0.2, 0.25) is 0 Å². The van der Waals surface area contributed by atoms with Crippen molar-refractivity contribution in [2.45, 2.75) is 0 Å². The molecule has 7 nitrogen and oxygen atoms in total. The molecule has 1 fully saturated rings. The second kappa shape index (κ2) is 5.26. The van der Waals surface area contributed by atoms with Crippen LogP contribution in [0.1, 0.15) is 10.5 Å². The minimum atomic E-state index is -0.500. The maximum absolute atomic E-state index is 11.6. The largest absolute Gasteiger partial charge is 0.464 e. The SMILES string of the molecule is COC(=O)c1cn2nc(Cl)cc(N3CCOCC3)c2n1. The number of hydrogen-bond acceptors (Lipinski definition) is 6. The first-order valence-electron chi connectivity index (χ1n) is 6.16. The first-order chi connectivity index (χ1) is 9.69. The summed E-state index contributed by atoms with van der Waals surface area (Å²) in [5.41, 5.74) is 1.62. The van der Waals surface area contributed by atoms with Gasteiger partial charge in [-0.05, 0) is 0 Å². The van der Waals surface area contributed by atoms with Crippen LogP contribution >= 0.6 is 11.6 Å². The number of ether oxygens (including phenoxy) is 2. The zero-order chi connectivity index (χ0) is 14.1. The molecule has 1 aliphatic heterocycles. The van der Waals surface area contributed by atoms with Gasteiger partial charge in [-0.25, -0.2) is 14.3 Å². The van der Waals surface area contributed by atoms with Gasteiger partial charge in [0.15, 0.2) is 16.5 Å². The van der Waals surface area contributed by atoms with Crippen molar-refractivity contribution in [2.24, 2.45) is 0 Å². The molecule has 1 saturated heterocycles. The van der Waals surface area contributed by atoms with E-state index < -0.39 is 5.97 Å². The molecule has 0 aromatic carbocycles. The molecule has 0 atom stereocenters. The lowest BCUT2D eigenvalue weighted by Gasteiger charge is -2.28. The van der Waals surface area contributed by atoms with E-state index in [2.05, 4.69) is 19.7 Å². The minimum absolute atomic E-state index is 0.205. The molecule has 0 aliphatic carbocycles. The summed E-state index contributed by atoms with van der Waals surface area (Å²) in [5.74, 6) is -0.500. The van der Waals surface area contributed by atoms with Crippen LogP contribution < -0.4 is 4.90 Å². The average molecular weight is 297 g/mol. The highest BCUT2D eigenvalue weighted by molar-refractivity contribution is 6.29. The fraction of sp³-hybridized carbons (Fsp3) is 0.417. The van der Waals surface area contributed by atoms with E-state index in [1.165, 1.54) is 17.8 Å². The molecule has 3 heterocycles. The Balaban J connectivity index is 2.10. The number of imidazole rings is 1. The fourth-order valence-electron chi connectivity index (χ4n) is 2.17. The number of esters is 1. The van der Waals surface area contributed by atoms with Crippen LogP contribution in [0, 0.1) is 0 Å². The quantitative estimate of drug-likeness (QED) is 0.770. The molecule has 0 N–H and O–H groups in total. The highest BCUT2D eigenvalue weighted by atomic mass is 35.5. The molecule has 0 spiro atoms. The molecular weight excluding hydrogens is 284 g/mol. The number of hydrogen-bond donors (Lipinski definition) is 0. The summed E-state index contributed by atoms with van der Waals surface area (Å²) in [6.45, 7) is 2.79. The van der Waals surface area contributed by atoms with Gasteiger partial charge >= 0.3 is 5.97 Å². The summed E-state index contributed by atoms with van der Waals surface area (Å²) >= 11 is 6.03. The van der Waals surface area contributed by atoms with E-state index in [1.54, 1.807) is 6.07 Å². The van der Waals surface area contributed by atoms with Crippen molar-refractivity contribution in [3.63, 3.8) is 0 Å². The van der Waals surface area contributed by atoms with E-state index >= 15 is 0 Å². The van der Waals surface area contributed by atoms with Crippen LogP contribution in [-0.2, 0) is 9.47 Å². The number of halogens is 1. The first-order valence-corrected chi connectivity index (χ1v) is 6.54. The summed E-state index contributed by atoms with van der Waals surface area (Å²) in [6, 6.07) is 1.75. The lowest BCUT2D eigenvalue weighted by atomic mass is 10.3. The molecule has 1 aliphatic rings. The molecule has 0 unspecified atom stereocenters. The van der Waals surface area contributed by atoms with Crippen LogP contribution in [0.25, 0.3) is 5.65 Å². The molecule has 2 aromatic heterocycles. The third-order valence-electron chi connectivity index (χ3n) is 3.12. The Morgan fingerprint density at radius 1 is 1.45 bits per heavy atom. The van der Waals surface area contributed by atoms with E-state index in [0.717, 1.165) is 18.8 Å². The number of carbonyl (C=O) groups excluding carboxylic acids is 1. The van der Waals surface area contributed by atoms with E-state index in [9.17, 15) is 4.79 Å². The second-order valence-corrected chi connectivity index (χ2v) is 4.72. The summed E-state index contributed by atoms with van der Waals surface area (Å²) in [4.78, 5) is 18.0. The Hall–Kier alpha value is -1.86. The zero-order valence-corrected chi connectivity index (χ0v) is 11.6. The number of nitrogens with zero attached hydrogens (tertiary/aromatic N) is 4. The number of anilines is 1. The smallest absolute Gasteiger partial charge is 0.358 e. The van der Waals surface area contributed by atoms with Crippen molar-refractivity contribution in [1.29, 1.82) is 0 Å². The van der Waals surface area contributed by atoms with Crippen LogP contribution in [0.5, 0.6) is 0 Å². The maximum Gasteiger partial charge on any atom is 0.358 e. The maximum atomic E-state index is 11.6. The molecule has 2 aromatic rings. The standard InChI is InChI=1S/C12H13ClN4O3/c1-19-12(18)8-7-17-11(14-8)9(6-10(13)15-17)16-2-4-20-5-3-16/h6-7H,2-5H2,1H3. The second-order valence-electron chi connectivity index (χ2n) is 4.34. The molecule has 0 saturated carbocycles. The summed E-state index contributed by atoms with van der Waals surface area (Å²) in [7, 11) is 1.32. The number of rotatable bonds is 2. The Labute approximate surface area is 120 Å². The van der Waals surface area contributed by atoms with Crippen molar-refractivity contribution in [1.82, 2.24) is 14.6 Å². The molecule has 3 rings (SSSR count). The monoisotopic (exact) mass is 296 g/mol. The van der Waals surface area contributed by atoms with Gasteiger partial charge in [0.1, 0.15) is 0 Å². The fourth-order valence-corrected chi connectivity index (χ4v) is 2.36. The van der Waals surface area contributed by atoms with Gasteiger partial charge < -0.3 is 14.4 Å². The normalized spacial score (nSPS) is 15.6. The van der Waals surface area contributed by atoms with E-state index in [0.29, 0.717) is 24.0 Å². The van der Waals surface area contributed by atoms with E-state index in [1.807, 2.05) is 0 Å². The lowest BCUT2D eigenvalue weighted by molar-refractivity contribution is 0.0594. The highest BCUT2D eigenvalue weighted by Gasteiger charge is 2.19. The van der Waals surface area contributed by atoms with E-state index in [-0.39, 0.29) is 5.69 Å². The summed E-state index contributed by atoms with van der Waals surface area (Å²) in [5, 5.41) is 4.46. The molecule has 8 heteroatoms.